The van der Waals surface area contributed by atoms with Crippen LogP contribution in [0.2, 0.25) is 0 Å². The third kappa shape index (κ3) is 9.98. The number of ether oxygens (including phenoxy) is 2. The highest BCUT2D eigenvalue weighted by Crippen LogP contribution is 2.40. The van der Waals surface area contributed by atoms with Crippen molar-refractivity contribution in [2.75, 3.05) is 38.8 Å². The van der Waals surface area contributed by atoms with E-state index in [1.54, 1.807) is 0 Å². The fourth-order valence-electron chi connectivity index (χ4n) is 6.19. The minimum absolute atomic E-state index is 0.0992. The fraction of sp³-hybridized carbons (Fsp3) is 0.962. The molecule has 13 heteroatoms. The Morgan fingerprint density at radius 3 is 1.87 bits per heavy atom. The predicted octanol–water partition coefficient (Wildman–Crippen LogP) is 3.46. The maximum atomic E-state index is 12.8. The second-order valence-electron chi connectivity index (χ2n) is 13.7. The number of nitrogens with zero attached hydrogens (tertiary/aromatic N) is 3. The van der Waals surface area contributed by atoms with Gasteiger partial charge in [0.25, 0.3) is 0 Å². The lowest BCUT2D eigenvalue weighted by molar-refractivity contribution is -0.302. The van der Waals surface area contributed by atoms with E-state index in [0.29, 0.717) is 32.2 Å². The number of amides is 1. The zero-order valence-electron chi connectivity index (χ0n) is 25.4. The van der Waals surface area contributed by atoms with Gasteiger partial charge in [-0.2, -0.15) is 0 Å². The highest BCUT2D eigenvalue weighted by atomic mass is 33.1. The molecule has 2 saturated heterocycles. The molecule has 2 aliphatic rings. The topological polar surface area (TPSA) is 131 Å². The van der Waals surface area contributed by atoms with E-state index >= 15 is 0 Å². The van der Waals surface area contributed by atoms with Crippen LogP contribution < -0.4 is 5.32 Å². The number of carbonyl (C=O) groups is 1. The highest BCUT2D eigenvalue weighted by molar-refractivity contribution is 8.71. The van der Waals surface area contributed by atoms with Crippen LogP contribution in [-0.4, -0.2) is 109 Å². The number of hydrogen-bond donors (Lipinski definition) is 1. The Bertz CT molecular complexity index is 907. The largest absolute Gasteiger partial charge is 0.442 e. The molecule has 228 valence electrons. The summed E-state index contributed by atoms with van der Waals surface area (Å²) >= 11 is 0. The van der Waals surface area contributed by atoms with Gasteiger partial charge in [-0.1, -0.05) is 0 Å². The zero-order chi connectivity index (χ0) is 30.0. The van der Waals surface area contributed by atoms with E-state index in [2.05, 4.69) is 10.2 Å². The zero-order valence-corrected chi connectivity index (χ0v) is 27.0. The van der Waals surface area contributed by atoms with E-state index in [4.69, 9.17) is 9.47 Å². The van der Waals surface area contributed by atoms with Gasteiger partial charge in [0.05, 0.1) is 12.7 Å². The number of likely N-dealkylation sites (N-methyl/N-ethyl adjacent to an activating group) is 1. The maximum absolute atomic E-state index is 12.8. The normalized spacial score (nSPS) is 24.9. The summed E-state index contributed by atoms with van der Waals surface area (Å²) in [6, 6.07) is 0.0992. The standard InChI is InChI=1S/C26H50N4O7S2/c1-23(2)13-19(14-24(3,4)29(23)32)28(9)17-21(37-22(31)27-11-12-38-39(10,34)35)18-36-20-15-25(5,6)30(33)26(7,8)16-20/h19-21H,11-18H2,1-10H3,(H,27,31). The second kappa shape index (κ2) is 12.7. The summed E-state index contributed by atoms with van der Waals surface area (Å²) in [5, 5.41) is 30.5. The summed E-state index contributed by atoms with van der Waals surface area (Å²) in [6.45, 7) is 16.1. The van der Waals surface area contributed by atoms with Crippen molar-refractivity contribution in [3.63, 3.8) is 0 Å². The van der Waals surface area contributed by atoms with Gasteiger partial charge in [0.2, 0.25) is 0 Å². The third-order valence-electron chi connectivity index (χ3n) is 7.70. The van der Waals surface area contributed by atoms with E-state index in [1.807, 2.05) is 62.4 Å². The molecule has 0 aromatic rings. The number of hydrogen-bond acceptors (Lipinski definition) is 9. The van der Waals surface area contributed by atoms with E-state index in [1.165, 1.54) is 5.06 Å². The van der Waals surface area contributed by atoms with Crippen LogP contribution in [0, 0.1) is 0 Å². The Kier molecular flexibility index (Phi) is 11.2. The Labute approximate surface area is 239 Å². The third-order valence-corrected chi connectivity index (χ3v) is 10.3. The van der Waals surface area contributed by atoms with Crippen LogP contribution in [0.1, 0.15) is 81.1 Å². The van der Waals surface area contributed by atoms with Gasteiger partial charge in [0.15, 0.2) is 8.87 Å². The molecule has 2 aliphatic heterocycles. The molecule has 1 amide bonds. The monoisotopic (exact) mass is 594 g/mol. The quantitative estimate of drug-likeness (QED) is 0.282. The number of hydroxylamine groups is 4. The van der Waals surface area contributed by atoms with Crippen molar-refractivity contribution >= 4 is 25.8 Å². The lowest BCUT2D eigenvalue weighted by Crippen LogP contribution is -2.62. The Morgan fingerprint density at radius 1 is 0.949 bits per heavy atom. The first-order chi connectivity index (χ1) is 17.6. The maximum Gasteiger partial charge on any atom is 0.407 e. The van der Waals surface area contributed by atoms with Crippen molar-refractivity contribution in [1.82, 2.24) is 20.3 Å². The first-order valence-corrected chi connectivity index (χ1v) is 17.0. The summed E-state index contributed by atoms with van der Waals surface area (Å²) < 4.78 is 34.7. The summed E-state index contributed by atoms with van der Waals surface area (Å²) in [4.78, 5) is 14.8. The van der Waals surface area contributed by atoms with E-state index in [0.717, 1.165) is 22.1 Å². The van der Waals surface area contributed by atoms with Gasteiger partial charge >= 0.3 is 6.09 Å². The van der Waals surface area contributed by atoms with E-state index in [9.17, 15) is 23.6 Å². The molecule has 2 radical (unpaired) electrons. The van der Waals surface area contributed by atoms with Crippen LogP contribution >= 0.6 is 10.8 Å². The summed E-state index contributed by atoms with van der Waals surface area (Å²) in [7, 11) is -0.463. The molecule has 1 unspecified atom stereocenters. The second-order valence-corrected chi connectivity index (χ2v) is 18.3. The SMILES string of the molecule is CN(CC(COC1CC(C)(C)N([O])C(C)(C)C1)OC(=O)NCCSS(C)(=O)=O)C1CC(C)(C)N([O])C(C)(C)C1. The molecule has 11 nitrogen and oxygen atoms in total. The van der Waals surface area contributed by atoms with E-state index < -0.39 is 43.2 Å². The van der Waals surface area contributed by atoms with Crippen molar-refractivity contribution in [2.45, 2.75) is 121 Å². The van der Waals surface area contributed by atoms with Gasteiger partial charge < -0.3 is 14.8 Å². The predicted molar refractivity (Wildman–Crippen MR) is 152 cm³/mol. The molecule has 0 saturated carbocycles. The Hall–Kier alpha value is -0.670. The van der Waals surface area contributed by atoms with Crippen LogP contribution in [0.15, 0.2) is 0 Å². The lowest BCUT2D eigenvalue weighted by Gasteiger charge is -2.52. The molecule has 1 N–H and O–H groups in total. The average molecular weight is 595 g/mol. The van der Waals surface area contributed by atoms with Gasteiger partial charge in [-0.3, -0.25) is 4.90 Å². The molecule has 0 aromatic heterocycles. The average Bonchev–Trinajstić information content (AvgIpc) is 2.75. The number of carbonyl (C=O) groups excluding carboxylic acids is 1. The first kappa shape index (κ1) is 34.5. The molecule has 0 aromatic carbocycles. The van der Waals surface area contributed by atoms with Crippen LogP contribution in [0.5, 0.6) is 0 Å². The first-order valence-electron chi connectivity index (χ1n) is 13.6. The number of rotatable bonds is 11. The van der Waals surface area contributed by atoms with Crippen molar-refractivity contribution in [3.8, 4) is 0 Å². The molecular formula is C26H50N4O7S2. The van der Waals surface area contributed by atoms with Gasteiger partial charge in [0.1, 0.15) is 6.10 Å². The highest BCUT2D eigenvalue weighted by Gasteiger charge is 2.48. The van der Waals surface area contributed by atoms with Gasteiger partial charge in [-0.15, -0.1) is 20.5 Å². The van der Waals surface area contributed by atoms with Crippen molar-refractivity contribution in [1.29, 1.82) is 0 Å². The molecule has 1 atom stereocenters. The minimum Gasteiger partial charge on any atom is -0.442 e. The molecule has 0 spiro atoms. The number of alkyl carbamates (subject to hydrolysis) is 1. The number of piperidine rings is 2. The molecule has 2 heterocycles. The van der Waals surface area contributed by atoms with Crippen LogP contribution in [0.25, 0.3) is 0 Å². The van der Waals surface area contributed by atoms with Crippen LogP contribution in [-0.2, 0) is 28.8 Å². The van der Waals surface area contributed by atoms with Gasteiger partial charge in [0, 0.05) is 53.3 Å². The molecule has 39 heavy (non-hydrogen) atoms. The molecule has 0 bridgehead atoms. The molecule has 2 fully saturated rings. The fourth-order valence-corrected chi connectivity index (χ4v) is 7.84. The molecule has 2 rings (SSSR count). The van der Waals surface area contributed by atoms with Crippen LogP contribution in [0.3, 0.4) is 0 Å². The van der Waals surface area contributed by atoms with Crippen molar-refractivity contribution < 1.29 is 33.1 Å². The summed E-state index contributed by atoms with van der Waals surface area (Å²) in [6.07, 6.45) is 2.16. The summed E-state index contributed by atoms with van der Waals surface area (Å²) in [5.74, 6) is 0.213. The van der Waals surface area contributed by atoms with Crippen LogP contribution in [0.4, 0.5) is 4.79 Å². The Balaban J connectivity index is 2.09. The smallest absolute Gasteiger partial charge is 0.407 e. The summed E-state index contributed by atoms with van der Waals surface area (Å²) in [5.41, 5.74) is -2.24. The Morgan fingerprint density at radius 2 is 1.41 bits per heavy atom. The molecular weight excluding hydrogens is 544 g/mol. The lowest BCUT2D eigenvalue weighted by atomic mass is 9.78. The minimum atomic E-state index is -3.19. The van der Waals surface area contributed by atoms with Crippen molar-refractivity contribution in [2.24, 2.45) is 0 Å². The van der Waals surface area contributed by atoms with Gasteiger partial charge in [-0.25, -0.2) is 13.2 Å². The van der Waals surface area contributed by atoms with Gasteiger partial charge in [-0.05, 0) is 98.9 Å². The van der Waals surface area contributed by atoms with Crippen molar-refractivity contribution in [3.05, 3.63) is 0 Å². The number of nitrogens with one attached hydrogen (secondary N) is 1. The molecule has 0 aliphatic carbocycles. The van der Waals surface area contributed by atoms with E-state index in [-0.39, 0.29) is 31.1 Å².